The first-order chi connectivity index (χ1) is 11.5. The Kier molecular flexibility index (Phi) is 4.53. The average Bonchev–Trinajstić information content (AvgIpc) is 2.95. The van der Waals surface area contributed by atoms with E-state index in [4.69, 9.17) is 0 Å². The minimum atomic E-state index is -3.26. The highest BCUT2D eigenvalue weighted by Crippen LogP contribution is 2.25. The number of nitrogens with one attached hydrogen (secondary N) is 1. The van der Waals surface area contributed by atoms with Gasteiger partial charge in [0.15, 0.2) is 0 Å². The van der Waals surface area contributed by atoms with Gasteiger partial charge >= 0.3 is 0 Å². The van der Waals surface area contributed by atoms with E-state index in [9.17, 15) is 13.2 Å². The lowest BCUT2D eigenvalue weighted by atomic mass is 10.1. The predicted molar refractivity (Wildman–Crippen MR) is 92.3 cm³/mol. The molecule has 1 fully saturated rings. The summed E-state index contributed by atoms with van der Waals surface area (Å²) in [6.45, 7) is 2.34. The third kappa shape index (κ3) is 3.41. The van der Waals surface area contributed by atoms with E-state index in [0.717, 1.165) is 5.56 Å². The van der Waals surface area contributed by atoms with E-state index in [-0.39, 0.29) is 17.7 Å². The number of sulfonamides is 1. The topological polar surface area (TPSA) is 79.4 Å². The highest BCUT2D eigenvalue weighted by Gasteiger charge is 2.28. The van der Waals surface area contributed by atoms with Crippen LogP contribution >= 0.6 is 0 Å². The van der Waals surface area contributed by atoms with Gasteiger partial charge < -0.3 is 5.32 Å². The fraction of sp³-hybridized carbons (Fsp3) is 0.294. The first kappa shape index (κ1) is 16.4. The molecule has 1 atom stereocenters. The minimum absolute atomic E-state index is 0.154. The van der Waals surface area contributed by atoms with Gasteiger partial charge in [-0.05, 0) is 43.2 Å². The number of rotatable bonds is 4. The second-order valence-corrected chi connectivity index (χ2v) is 7.79. The standard InChI is InChI=1S/C17H19N3O3S/c1-13(15-6-3-8-18-12-15)19-17(21)14-5-2-7-16(11-14)20-9-4-10-24(20,22)23/h2-3,5-8,11-13H,4,9-10H2,1H3,(H,19,21)/t13-/m1/s1. The van der Waals surface area contributed by atoms with Crippen LogP contribution in [0.2, 0.25) is 0 Å². The average molecular weight is 345 g/mol. The van der Waals surface area contributed by atoms with Gasteiger partial charge in [0.2, 0.25) is 10.0 Å². The van der Waals surface area contributed by atoms with E-state index in [1.54, 1.807) is 36.7 Å². The summed E-state index contributed by atoms with van der Waals surface area (Å²) in [5, 5.41) is 2.90. The molecule has 0 spiro atoms. The van der Waals surface area contributed by atoms with Crippen LogP contribution in [0, 0.1) is 0 Å². The molecule has 1 saturated heterocycles. The van der Waals surface area contributed by atoms with Gasteiger partial charge in [0, 0.05) is 24.5 Å². The van der Waals surface area contributed by atoms with Gasteiger partial charge in [0.1, 0.15) is 0 Å². The Bertz CT molecular complexity index is 837. The summed E-state index contributed by atoms with van der Waals surface area (Å²) in [4.78, 5) is 16.5. The van der Waals surface area contributed by atoms with Crippen LogP contribution in [-0.2, 0) is 10.0 Å². The number of hydrogen-bond acceptors (Lipinski definition) is 4. The number of carbonyl (C=O) groups is 1. The Morgan fingerprint density at radius 2 is 2.12 bits per heavy atom. The lowest BCUT2D eigenvalue weighted by Crippen LogP contribution is -2.28. The van der Waals surface area contributed by atoms with Gasteiger partial charge in [-0.25, -0.2) is 8.42 Å². The summed E-state index contributed by atoms with van der Waals surface area (Å²) >= 11 is 0. The second kappa shape index (κ2) is 6.60. The fourth-order valence-electron chi connectivity index (χ4n) is 2.73. The van der Waals surface area contributed by atoms with Crippen LogP contribution in [0.15, 0.2) is 48.8 Å². The van der Waals surface area contributed by atoms with Gasteiger partial charge in [-0.15, -0.1) is 0 Å². The molecular weight excluding hydrogens is 326 g/mol. The molecule has 2 aromatic rings. The number of benzene rings is 1. The molecule has 1 aliphatic rings. The largest absolute Gasteiger partial charge is 0.345 e. The van der Waals surface area contributed by atoms with Crippen molar-refractivity contribution in [2.75, 3.05) is 16.6 Å². The number of pyridine rings is 1. The molecule has 7 heteroatoms. The van der Waals surface area contributed by atoms with Gasteiger partial charge in [0.05, 0.1) is 17.5 Å². The molecule has 0 bridgehead atoms. The second-order valence-electron chi connectivity index (χ2n) is 5.77. The van der Waals surface area contributed by atoms with Gasteiger partial charge in [-0.2, -0.15) is 0 Å². The highest BCUT2D eigenvalue weighted by atomic mass is 32.2. The molecule has 126 valence electrons. The Labute approximate surface area is 141 Å². The lowest BCUT2D eigenvalue weighted by Gasteiger charge is -2.18. The summed E-state index contributed by atoms with van der Waals surface area (Å²) in [5.74, 6) is -0.0913. The van der Waals surface area contributed by atoms with E-state index in [0.29, 0.717) is 24.2 Å². The molecule has 6 nitrogen and oxygen atoms in total. The quantitative estimate of drug-likeness (QED) is 0.920. The Morgan fingerprint density at radius 3 is 2.79 bits per heavy atom. The van der Waals surface area contributed by atoms with Crippen LogP contribution in [0.1, 0.15) is 35.3 Å². The van der Waals surface area contributed by atoms with Crippen molar-refractivity contribution in [3.63, 3.8) is 0 Å². The number of amides is 1. The first-order valence-electron chi connectivity index (χ1n) is 7.79. The van der Waals surface area contributed by atoms with Crippen LogP contribution in [-0.4, -0.2) is 31.6 Å². The van der Waals surface area contributed by atoms with E-state index in [1.807, 2.05) is 19.1 Å². The van der Waals surface area contributed by atoms with Crippen LogP contribution in [0.25, 0.3) is 0 Å². The van der Waals surface area contributed by atoms with E-state index in [2.05, 4.69) is 10.3 Å². The summed E-state index contributed by atoms with van der Waals surface area (Å²) in [6, 6.07) is 10.2. The molecule has 0 radical (unpaired) electrons. The minimum Gasteiger partial charge on any atom is -0.345 e. The summed E-state index contributed by atoms with van der Waals surface area (Å²) in [6.07, 6.45) is 3.99. The van der Waals surface area contributed by atoms with Crippen molar-refractivity contribution in [3.8, 4) is 0 Å². The third-order valence-electron chi connectivity index (χ3n) is 4.03. The molecule has 0 unspecified atom stereocenters. The lowest BCUT2D eigenvalue weighted by molar-refractivity contribution is 0.0940. The zero-order valence-corrected chi connectivity index (χ0v) is 14.2. The van der Waals surface area contributed by atoms with Crippen LogP contribution in [0.4, 0.5) is 5.69 Å². The summed E-state index contributed by atoms with van der Waals surface area (Å²) in [5.41, 5.74) is 1.88. The summed E-state index contributed by atoms with van der Waals surface area (Å²) in [7, 11) is -3.26. The van der Waals surface area contributed by atoms with E-state index in [1.165, 1.54) is 4.31 Å². The fourth-order valence-corrected chi connectivity index (χ4v) is 4.28. The zero-order valence-electron chi connectivity index (χ0n) is 13.3. The Hall–Kier alpha value is -2.41. The van der Waals surface area contributed by atoms with Crippen LogP contribution < -0.4 is 9.62 Å². The molecule has 0 saturated carbocycles. The SMILES string of the molecule is C[C@@H](NC(=O)c1cccc(N2CCCS2(=O)=O)c1)c1cccnc1. The zero-order chi connectivity index (χ0) is 17.2. The molecular formula is C17H19N3O3S. The summed E-state index contributed by atoms with van der Waals surface area (Å²) < 4.78 is 25.4. The van der Waals surface area contributed by atoms with Gasteiger partial charge in [-0.1, -0.05) is 12.1 Å². The Morgan fingerprint density at radius 1 is 1.29 bits per heavy atom. The first-order valence-corrected chi connectivity index (χ1v) is 9.39. The van der Waals surface area contributed by atoms with Gasteiger partial charge in [0.25, 0.3) is 5.91 Å². The predicted octanol–water partition coefficient (Wildman–Crippen LogP) is 2.11. The number of aromatic nitrogens is 1. The Balaban J connectivity index is 1.78. The third-order valence-corrected chi connectivity index (χ3v) is 5.90. The number of nitrogens with zero attached hydrogens (tertiary/aromatic N) is 2. The number of carbonyl (C=O) groups excluding carboxylic acids is 1. The maximum atomic E-state index is 12.5. The van der Waals surface area contributed by atoms with Crippen molar-refractivity contribution in [1.29, 1.82) is 0 Å². The van der Waals surface area contributed by atoms with Gasteiger partial charge in [-0.3, -0.25) is 14.1 Å². The van der Waals surface area contributed by atoms with Crippen LogP contribution in [0.5, 0.6) is 0 Å². The highest BCUT2D eigenvalue weighted by molar-refractivity contribution is 7.93. The number of anilines is 1. The number of hydrogen-bond donors (Lipinski definition) is 1. The molecule has 2 heterocycles. The van der Waals surface area contributed by atoms with E-state index < -0.39 is 10.0 Å². The van der Waals surface area contributed by atoms with Crippen molar-refractivity contribution in [1.82, 2.24) is 10.3 Å². The normalized spacial score (nSPS) is 17.5. The smallest absolute Gasteiger partial charge is 0.251 e. The van der Waals surface area contributed by atoms with Crippen molar-refractivity contribution in [2.45, 2.75) is 19.4 Å². The van der Waals surface area contributed by atoms with Crippen molar-refractivity contribution in [2.24, 2.45) is 0 Å². The maximum Gasteiger partial charge on any atom is 0.251 e. The van der Waals surface area contributed by atoms with Crippen molar-refractivity contribution in [3.05, 3.63) is 59.9 Å². The van der Waals surface area contributed by atoms with Crippen LogP contribution in [0.3, 0.4) is 0 Å². The molecule has 1 aromatic heterocycles. The molecule has 1 N–H and O–H groups in total. The molecule has 1 aromatic carbocycles. The molecule has 24 heavy (non-hydrogen) atoms. The van der Waals surface area contributed by atoms with Crippen molar-refractivity contribution < 1.29 is 13.2 Å². The van der Waals surface area contributed by atoms with E-state index >= 15 is 0 Å². The monoisotopic (exact) mass is 345 g/mol. The van der Waals surface area contributed by atoms with Crippen molar-refractivity contribution >= 4 is 21.6 Å². The molecule has 1 amide bonds. The maximum absolute atomic E-state index is 12.5. The molecule has 3 rings (SSSR count). The molecule has 1 aliphatic heterocycles. The molecule has 0 aliphatic carbocycles.